The Labute approximate surface area is 114 Å². The Bertz CT molecular complexity index is 518. The lowest BCUT2D eigenvalue weighted by Gasteiger charge is -2.13. The maximum absolute atomic E-state index is 8.73. The number of hydrogen-bond acceptors (Lipinski definition) is 4. The highest BCUT2D eigenvalue weighted by Gasteiger charge is 2.03. The highest BCUT2D eigenvalue weighted by atomic mass is 15.4. The van der Waals surface area contributed by atoms with Crippen LogP contribution >= 0.6 is 0 Å². The molecule has 19 heavy (non-hydrogen) atoms. The van der Waals surface area contributed by atoms with Gasteiger partial charge in [-0.1, -0.05) is 12.7 Å². The molecular weight excluding hydrogens is 238 g/mol. The van der Waals surface area contributed by atoms with Gasteiger partial charge in [-0.2, -0.15) is 15.5 Å². The minimum atomic E-state index is -0.201. The molecule has 5 heteroatoms. The van der Waals surface area contributed by atoms with Gasteiger partial charge in [-0.15, -0.1) is 0 Å². The molecule has 0 aromatic carbocycles. The highest BCUT2D eigenvalue weighted by Crippen LogP contribution is 2.15. The van der Waals surface area contributed by atoms with Crippen molar-refractivity contribution in [2.45, 2.75) is 13.8 Å². The fraction of sp³-hybridized carbons (Fsp3) is 0.357. The predicted molar refractivity (Wildman–Crippen MR) is 77.0 cm³/mol. The van der Waals surface area contributed by atoms with Crippen molar-refractivity contribution in [3.8, 4) is 6.07 Å². The number of nitrogens with zero attached hydrogens (tertiary/aromatic N) is 5. The zero-order valence-electron chi connectivity index (χ0n) is 11.6. The zero-order chi connectivity index (χ0) is 14.3. The van der Waals surface area contributed by atoms with Crippen molar-refractivity contribution >= 4 is 11.8 Å². The van der Waals surface area contributed by atoms with Crippen molar-refractivity contribution < 1.29 is 0 Å². The molecule has 0 spiro atoms. The largest absolute Gasteiger partial charge is 0.275 e. The summed E-state index contributed by atoms with van der Waals surface area (Å²) in [4.78, 5) is 0. The molecular formula is C14H19N5. The summed E-state index contributed by atoms with van der Waals surface area (Å²) < 4.78 is 1.74. The molecule has 1 heterocycles. The second-order valence-corrected chi connectivity index (χ2v) is 4.13. The topological polar surface area (TPSA) is 57.2 Å². The molecule has 0 aliphatic heterocycles. The Balaban J connectivity index is 2.92. The van der Waals surface area contributed by atoms with Crippen LogP contribution in [0.4, 0.5) is 0 Å². The van der Waals surface area contributed by atoms with E-state index in [0.29, 0.717) is 6.54 Å². The molecule has 0 saturated heterocycles. The van der Waals surface area contributed by atoms with E-state index >= 15 is 0 Å². The van der Waals surface area contributed by atoms with Crippen molar-refractivity contribution in [1.82, 2.24) is 14.8 Å². The summed E-state index contributed by atoms with van der Waals surface area (Å²) in [6.07, 6.45) is 8.99. The molecule has 5 nitrogen and oxygen atoms in total. The van der Waals surface area contributed by atoms with Crippen molar-refractivity contribution in [3.63, 3.8) is 0 Å². The van der Waals surface area contributed by atoms with Gasteiger partial charge in [-0.3, -0.25) is 9.69 Å². The van der Waals surface area contributed by atoms with Crippen LogP contribution in [0.5, 0.6) is 0 Å². The van der Waals surface area contributed by atoms with E-state index in [9.17, 15) is 0 Å². The van der Waals surface area contributed by atoms with E-state index in [0.717, 1.165) is 11.1 Å². The third-order valence-corrected chi connectivity index (χ3v) is 2.51. The van der Waals surface area contributed by atoms with Crippen molar-refractivity contribution in [2.75, 3.05) is 6.54 Å². The second-order valence-electron chi connectivity index (χ2n) is 4.13. The van der Waals surface area contributed by atoms with Gasteiger partial charge >= 0.3 is 0 Å². The number of aromatic nitrogens is 2. The molecule has 0 aliphatic rings. The van der Waals surface area contributed by atoms with Crippen LogP contribution in [0, 0.1) is 17.2 Å². The van der Waals surface area contributed by atoms with E-state index in [1.165, 1.54) is 0 Å². The second kappa shape index (κ2) is 7.17. The third kappa shape index (κ3) is 4.43. The molecule has 0 N–H and O–H groups in total. The summed E-state index contributed by atoms with van der Waals surface area (Å²) in [7, 11) is 1.87. The molecule has 100 valence electrons. The van der Waals surface area contributed by atoms with E-state index in [1.807, 2.05) is 26.4 Å². The van der Waals surface area contributed by atoms with E-state index in [-0.39, 0.29) is 5.92 Å². The molecule has 1 aromatic heterocycles. The molecule has 0 amide bonds. The maximum Gasteiger partial charge on any atom is 0.0805 e. The molecule has 0 radical (unpaired) electrons. The Morgan fingerprint density at radius 3 is 2.95 bits per heavy atom. The summed E-state index contributed by atoms with van der Waals surface area (Å²) in [6, 6.07) is 2.12. The summed E-state index contributed by atoms with van der Waals surface area (Å²) >= 11 is 0. The monoisotopic (exact) mass is 257 g/mol. The maximum atomic E-state index is 8.73. The number of hydrogen-bond donors (Lipinski definition) is 0. The molecule has 1 rings (SSSR count). The highest BCUT2D eigenvalue weighted by molar-refractivity contribution is 5.72. The molecule has 1 aromatic rings. The summed E-state index contributed by atoms with van der Waals surface area (Å²) in [5.74, 6) is -0.201. The minimum absolute atomic E-state index is 0.201. The van der Waals surface area contributed by atoms with Crippen LogP contribution in [0.3, 0.4) is 0 Å². The third-order valence-electron chi connectivity index (χ3n) is 2.51. The van der Waals surface area contributed by atoms with E-state index in [2.05, 4.69) is 22.8 Å². The van der Waals surface area contributed by atoms with Crippen LogP contribution < -0.4 is 0 Å². The fourth-order valence-electron chi connectivity index (χ4n) is 1.40. The van der Waals surface area contributed by atoms with Gasteiger partial charge in [0.05, 0.1) is 18.2 Å². The number of rotatable bonds is 6. The molecule has 0 aliphatic carbocycles. The standard InChI is InChI=1S/C14H19N5/c1-5-13(14-9-16-18(4)10-14)11-19(6-2)17-8-12(3)7-15/h5,8-12H,1,6H2,2-4H3/b13-11+,17-8-. The van der Waals surface area contributed by atoms with Crippen LogP contribution in [0.1, 0.15) is 19.4 Å². The van der Waals surface area contributed by atoms with E-state index in [4.69, 9.17) is 5.26 Å². The summed E-state index contributed by atoms with van der Waals surface area (Å²) in [5, 5.41) is 18.9. The minimum Gasteiger partial charge on any atom is -0.275 e. The van der Waals surface area contributed by atoms with Gasteiger partial charge in [0.1, 0.15) is 0 Å². The lowest BCUT2D eigenvalue weighted by Crippen LogP contribution is -2.11. The Kier molecular flexibility index (Phi) is 5.55. The Morgan fingerprint density at radius 1 is 1.74 bits per heavy atom. The summed E-state index contributed by atoms with van der Waals surface area (Å²) in [6.45, 7) is 8.32. The van der Waals surface area contributed by atoms with E-state index < -0.39 is 0 Å². The first-order valence-electron chi connectivity index (χ1n) is 6.14. The lowest BCUT2D eigenvalue weighted by atomic mass is 10.1. The fourth-order valence-corrected chi connectivity index (χ4v) is 1.40. The van der Waals surface area contributed by atoms with Gasteiger partial charge in [0, 0.05) is 43.3 Å². The number of allylic oxidation sites excluding steroid dienone is 2. The number of nitriles is 1. The van der Waals surface area contributed by atoms with Crippen LogP contribution in [-0.2, 0) is 7.05 Å². The Morgan fingerprint density at radius 2 is 2.47 bits per heavy atom. The van der Waals surface area contributed by atoms with Crippen LogP contribution in [0.2, 0.25) is 0 Å². The van der Waals surface area contributed by atoms with Gasteiger partial charge < -0.3 is 0 Å². The summed E-state index contributed by atoms with van der Waals surface area (Å²) in [5.41, 5.74) is 1.93. The van der Waals surface area contributed by atoms with Gasteiger partial charge in [0.15, 0.2) is 0 Å². The first-order valence-corrected chi connectivity index (χ1v) is 6.14. The van der Waals surface area contributed by atoms with Crippen LogP contribution in [0.15, 0.2) is 36.4 Å². The quantitative estimate of drug-likeness (QED) is 0.447. The van der Waals surface area contributed by atoms with Crippen molar-refractivity contribution in [3.05, 3.63) is 36.8 Å². The normalized spacial score (nSPS) is 13.3. The first kappa shape index (κ1) is 14.7. The van der Waals surface area contributed by atoms with Gasteiger partial charge in [-0.25, -0.2) is 0 Å². The molecule has 0 bridgehead atoms. The number of aryl methyl sites for hydroxylation is 1. The average molecular weight is 257 g/mol. The lowest BCUT2D eigenvalue weighted by molar-refractivity contribution is 0.424. The number of hydrazone groups is 1. The Hall–Kier alpha value is -2.35. The predicted octanol–water partition coefficient (Wildman–Crippen LogP) is 2.41. The molecule has 0 saturated carbocycles. The van der Waals surface area contributed by atoms with E-state index in [1.54, 1.807) is 35.1 Å². The average Bonchev–Trinajstić information content (AvgIpc) is 2.85. The smallest absolute Gasteiger partial charge is 0.0805 e. The zero-order valence-corrected chi connectivity index (χ0v) is 11.6. The van der Waals surface area contributed by atoms with Crippen molar-refractivity contribution in [2.24, 2.45) is 18.1 Å². The molecule has 1 unspecified atom stereocenters. The molecule has 0 fully saturated rings. The first-order chi connectivity index (χ1) is 9.10. The SMILES string of the molecule is C=C/C(=C\N(CC)/N=C\C(C)C#N)c1cnn(C)c1. The van der Waals surface area contributed by atoms with Gasteiger partial charge in [0.25, 0.3) is 0 Å². The van der Waals surface area contributed by atoms with Crippen molar-refractivity contribution in [1.29, 1.82) is 5.26 Å². The molecule has 1 atom stereocenters. The van der Waals surface area contributed by atoms with Crippen LogP contribution in [0.25, 0.3) is 5.57 Å². The van der Waals surface area contributed by atoms with Gasteiger partial charge in [0.2, 0.25) is 0 Å². The van der Waals surface area contributed by atoms with Crippen LogP contribution in [-0.4, -0.2) is 27.5 Å². The van der Waals surface area contributed by atoms with Gasteiger partial charge in [-0.05, 0) is 13.8 Å².